The smallest absolute Gasteiger partial charge is 0.336 e. The minimum atomic E-state index is -1.18. The van der Waals surface area contributed by atoms with Gasteiger partial charge in [-0.2, -0.15) is 0 Å². The van der Waals surface area contributed by atoms with Crippen LogP contribution < -0.4 is 20.1 Å². The van der Waals surface area contributed by atoms with Crippen molar-refractivity contribution < 1.29 is 29.0 Å². The van der Waals surface area contributed by atoms with Crippen molar-refractivity contribution in [2.45, 2.75) is 4.90 Å². The van der Waals surface area contributed by atoms with Crippen molar-refractivity contribution in [2.75, 3.05) is 30.6 Å². The molecule has 0 saturated heterocycles. The average Bonchev–Trinajstić information content (AvgIpc) is 2.83. The van der Waals surface area contributed by atoms with Gasteiger partial charge in [0.15, 0.2) is 0 Å². The van der Waals surface area contributed by atoms with E-state index in [0.29, 0.717) is 27.9 Å². The van der Waals surface area contributed by atoms with Gasteiger partial charge in [-0.25, -0.2) is 4.79 Å². The third kappa shape index (κ3) is 6.21. The molecular formula is C24H21ClN2O6S. The van der Waals surface area contributed by atoms with E-state index < -0.39 is 11.9 Å². The summed E-state index contributed by atoms with van der Waals surface area (Å²) in [6.07, 6.45) is 0. The highest BCUT2D eigenvalue weighted by Gasteiger charge is 2.16. The quantitative estimate of drug-likeness (QED) is 0.353. The van der Waals surface area contributed by atoms with E-state index in [-0.39, 0.29) is 22.8 Å². The molecule has 0 fully saturated rings. The van der Waals surface area contributed by atoms with Crippen LogP contribution in [0.2, 0.25) is 5.02 Å². The summed E-state index contributed by atoms with van der Waals surface area (Å²) in [7, 11) is 2.97. The molecule has 0 bridgehead atoms. The third-order valence-electron chi connectivity index (χ3n) is 4.63. The lowest BCUT2D eigenvalue weighted by Crippen LogP contribution is -2.16. The molecule has 176 valence electrons. The van der Waals surface area contributed by atoms with Crippen LogP contribution in [-0.2, 0) is 4.79 Å². The molecule has 3 rings (SSSR count). The van der Waals surface area contributed by atoms with Crippen LogP contribution in [0.1, 0.15) is 20.7 Å². The number of amides is 2. The highest BCUT2D eigenvalue weighted by Crippen LogP contribution is 2.36. The van der Waals surface area contributed by atoms with E-state index in [1.807, 2.05) is 0 Å². The Balaban J connectivity index is 1.58. The largest absolute Gasteiger partial charge is 0.495 e. The first-order chi connectivity index (χ1) is 16.3. The van der Waals surface area contributed by atoms with Crippen LogP contribution >= 0.6 is 23.4 Å². The van der Waals surface area contributed by atoms with Gasteiger partial charge < -0.3 is 25.2 Å². The lowest BCUT2D eigenvalue weighted by molar-refractivity contribution is -0.113. The van der Waals surface area contributed by atoms with Gasteiger partial charge in [0.25, 0.3) is 5.91 Å². The van der Waals surface area contributed by atoms with Gasteiger partial charge >= 0.3 is 5.97 Å². The molecular weight excluding hydrogens is 480 g/mol. The van der Waals surface area contributed by atoms with Crippen molar-refractivity contribution in [1.29, 1.82) is 0 Å². The van der Waals surface area contributed by atoms with Gasteiger partial charge in [0.1, 0.15) is 11.5 Å². The maximum absolute atomic E-state index is 12.5. The van der Waals surface area contributed by atoms with E-state index in [9.17, 15) is 19.5 Å². The van der Waals surface area contributed by atoms with Crippen LogP contribution in [0.4, 0.5) is 11.4 Å². The predicted octanol–water partition coefficient (Wildman–Crippen LogP) is 5.04. The summed E-state index contributed by atoms with van der Waals surface area (Å²) < 4.78 is 10.4. The molecule has 0 aliphatic rings. The summed E-state index contributed by atoms with van der Waals surface area (Å²) >= 11 is 7.44. The van der Waals surface area contributed by atoms with Gasteiger partial charge in [0, 0.05) is 16.6 Å². The molecule has 0 saturated carbocycles. The lowest BCUT2D eigenvalue weighted by Gasteiger charge is -2.13. The van der Waals surface area contributed by atoms with E-state index in [1.165, 1.54) is 38.1 Å². The number of hydrogen-bond donors (Lipinski definition) is 3. The SMILES string of the molecule is COc1cc(OC)c(NC(=O)CSc2ccc(NC(=O)c3ccccc3C(=O)O)cc2)cc1Cl. The molecule has 3 N–H and O–H groups in total. The predicted molar refractivity (Wildman–Crippen MR) is 132 cm³/mol. The number of carboxylic acids is 1. The van der Waals surface area contributed by atoms with E-state index in [0.717, 1.165) is 4.90 Å². The summed E-state index contributed by atoms with van der Waals surface area (Å²) in [6, 6.07) is 16.0. The molecule has 8 nitrogen and oxygen atoms in total. The number of aromatic carboxylic acids is 1. The van der Waals surface area contributed by atoms with E-state index in [1.54, 1.807) is 48.5 Å². The Labute approximate surface area is 205 Å². The Hall–Kier alpha value is -3.69. The first-order valence-corrected chi connectivity index (χ1v) is 11.3. The second-order valence-electron chi connectivity index (χ2n) is 6.85. The number of nitrogens with one attached hydrogen (secondary N) is 2. The maximum atomic E-state index is 12.5. The minimum absolute atomic E-state index is 0.0687. The van der Waals surface area contributed by atoms with Gasteiger partial charge in [0.05, 0.1) is 41.8 Å². The van der Waals surface area contributed by atoms with Crippen molar-refractivity contribution >= 4 is 52.5 Å². The molecule has 0 aromatic heterocycles. The van der Waals surface area contributed by atoms with Gasteiger partial charge in [-0.05, 0) is 42.5 Å². The third-order valence-corrected chi connectivity index (χ3v) is 5.94. The number of carboxylic acid groups (broad SMARTS) is 1. The fourth-order valence-electron chi connectivity index (χ4n) is 2.99. The molecule has 34 heavy (non-hydrogen) atoms. The second kappa shape index (κ2) is 11.4. The number of methoxy groups -OCH3 is 2. The molecule has 0 unspecified atom stereocenters. The van der Waals surface area contributed by atoms with Crippen molar-refractivity contribution in [2.24, 2.45) is 0 Å². The number of hydrogen-bond acceptors (Lipinski definition) is 6. The maximum Gasteiger partial charge on any atom is 0.336 e. The van der Waals surface area contributed by atoms with Crippen molar-refractivity contribution in [3.63, 3.8) is 0 Å². The topological polar surface area (TPSA) is 114 Å². The lowest BCUT2D eigenvalue weighted by atomic mass is 10.1. The summed E-state index contributed by atoms with van der Waals surface area (Å²) in [5, 5.41) is 15.0. The molecule has 2 amide bonds. The number of carbonyl (C=O) groups is 3. The van der Waals surface area contributed by atoms with E-state index in [2.05, 4.69) is 10.6 Å². The zero-order valence-electron chi connectivity index (χ0n) is 18.3. The van der Waals surface area contributed by atoms with Crippen molar-refractivity contribution in [3.8, 4) is 11.5 Å². The number of thioether (sulfide) groups is 1. The van der Waals surface area contributed by atoms with Gasteiger partial charge in [0.2, 0.25) is 5.91 Å². The Morgan fingerprint density at radius 2 is 1.56 bits per heavy atom. The van der Waals surface area contributed by atoms with E-state index in [4.69, 9.17) is 21.1 Å². The summed E-state index contributed by atoms with van der Waals surface area (Å²) in [4.78, 5) is 37.0. The molecule has 0 atom stereocenters. The van der Waals surface area contributed by atoms with Crippen LogP contribution in [0.25, 0.3) is 0 Å². The zero-order chi connectivity index (χ0) is 24.7. The summed E-state index contributed by atoms with van der Waals surface area (Å²) in [5.74, 6) is -0.971. The molecule has 0 radical (unpaired) electrons. The fraction of sp³-hybridized carbons (Fsp3) is 0.125. The minimum Gasteiger partial charge on any atom is -0.495 e. The van der Waals surface area contributed by atoms with Gasteiger partial charge in [-0.1, -0.05) is 23.7 Å². The molecule has 0 spiro atoms. The monoisotopic (exact) mass is 500 g/mol. The molecule has 0 heterocycles. The van der Waals surface area contributed by atoms with Crippen LogP contribution in [0.5, 0.6) is 11.5 Å². The number of carbonyl (C=O) groups excluding carboxylic acids is 2. The Bertz CT molecular complexity index is 1220. The number of rotatable bonds is 9. The number of anilines is 2. The number of halogens is 1. The van der Waals surface area contributed by atoms with Gasteiger partial charge in [-0.15, -0.1) is 11.8 Å². The zero-order valence-corrected chi connectivity index (χ0v) is 19.8. The van der Waals surface area contributed by atoms with Crippen molar-refractivity contribution in [1.82, 2.24) is 0 Å². The van der Waals surface area contributed by atoms with Crippen LogP contribution in [0.15, 0.2) is 65.6 Å². The van der Waals surface area contributed by atoms with Gasteiger partial charge in [-0.3, -0.25) is 9.59 Å². The molecule has 10 heteroatoms. The molecule has 0 aliphatic carbocycles. The summed E-state index contributed by atoms with van der Waals surface area (Å²) in [6.45, 7) is 0. The first kappa shape index (κ1) is 24.9. The molecule has 3 aromatic rings. The molecule has 0 aliphatic heterocycles. The highest BCUT2D eigenvalue weighted by atomic mass is 35.5. The first-order valence-electron chi connectivity index (χ1n) is 9.90. The number of benzene rings is 3. The van der Waals surface area contributed by atoms with Crippen LogP contribution in [0.3, 0.4) is 0 Å². The van der Waals surface area contributed by atoms with Crippen molar-refractivity contribution in [3.05, 3.63) is 76.8 Å². The summed E-state index contributed by atoms with van der Waals surface area (Å²) in [5.41, 5.74) is 0.919. The Morgan fingerprint density at radius 1 is 0.912 bits per heavy atom. The second-order valence-corrected chi connectivity index (χ2v) is 8.31. The highest BCUT2D eigenvalue weighted by molar-refractivity contribution is 8.00. The molecule has 3 aromatic carbocycles. The Kier molecular flexibility index (Phi) is 8.39. The van der Waals surface area contributed by atoms with Crippen LogP contribution in [-0.4, -0.2) is 42.9 Å². The fourth-order valence-corrected chi connectivity index (χ4v) is 3.93. The standard InChI is InChI=1S/C24H21ClN2O6S/c1-32-20-12-21(33-2)19(11-18(20)25)27-22(28)13-34-15-9-7-14(8-10-15)26-23(29)16-5-3-4-6-17(16)24(30)31/h3-12H,13H2,1-2H3,(H,26,29)(H,27,28)(H,30,31). The van der Waals surface area contributed by atoms with E-state index >= 15 is 0 Å². The number of ether oxygens (including phenoxy) is 2. The normalized spacial score (nSPS) is 10.3. The average molecular weight is 501 g/mol. The van der Waals surface area contributed by atoms with Crippen LogP contribution in [0, 0.1) is 0 Å². The Morgan fingerprint density at radius 3 is 2.18 bits per heavy atom.